The van der Waals surface area contributed by atoms with Crippen molar-refractivity contribution in [3.8, 4) is 11.8 Å². The lowest BCUT2D eigenvalue weighted by Crippen LogP contribution is -2.30. The van der Waals surface area contributed by atoms with Crippen molar-refractivity contribution < 1.29 is 27.0 Å². The first kappa shape index (κ1) is 24.5. The zero-order valence-corrected chi connectivity index (χ0v) is 20.3. The Balaban J connectivity index is 0.000000238. The smallest absolute Gasteiger partial charge is 0.318 e. The minimum Gasteiger partial charge on any atom is -0.489 e. The first-order valence-electron chi connectivity index (χ1n) is 10.8. The molecule has 0 N–H and O–H groups in total. The van der Waals surface area contributed by atoms with Gasteiger partial charge in [-0.2, -0.15) is 9.97 Å². The average Bonchev–Trinajstić information content (AvgIpc) is 3.31. The van der Waals surface area contributed by atoms with Crippen LogP contribution in [0.3, 0.4) is 0 Å². The molecule has 182 valence electrons. The standard InChI is InChI=1S/C14H12BrClF3N3O2.C7H12FN/c1-23-14-20-11-7-12(9(16)8(15)10(11)19)24-5-4-22(13(7)21-14)3-2-6(17)18;8-6-4-7-2-1-3-9(7)5-6/h6H,2-5H2,1H3;6-7H,1-5H2. The lowest BCUT2D eigenvalue weighted by atomic mass is 10.1. The molecule has 3 aliphatic heterocycles. The summed E-state index contributed by atoms with van der Waals surface area (Å²) >= 11 is 9.24. The molecule has 6 nitrogen and oxygen atoms in total. The van der Waals surface area contributed by atoms with Crippen LogP contribution in [0, 0.1) is 5.82 Å². The van der Waals surface area contributed by atoms with E-state index >= 15 is 0 Å². The first-order valence-corrected chi connectivity index (χ1v) is 11.9. The predicted octanol–water partition coefficient (Wildman–Crippen LogP) is 5.24. The van der Waals surface area contributed by atoms with E-state index in [0.29, 0.717) is 19.1 Å². The summed E-state index contributed by atoms with van der Waals surface area (Å²) in [4.78, 5) is 12.1. The highest BCUT2D eigenvalue weighted by atomic mass is 79.9. The van der Waals surface area contributed by atoms with Gasteiger partial charge >= 0.3 is 6.01 Å². The van der Waals surface area contributed by atoms with Gasteiger partial charge in [0.15, 0.2) is 11.6 Å². The number of hydrogen-bond acceptors (Lipinski definition) is 6. The molecule has 0 aliphatic carbocycles. The second-order valence-corrected chi connectivity index (χ2v) is 9.34. The van der Waals surface area contributed by atoms with Gasteiger partial charge in [0.25, 0.3) is 0 Å². The maximum Gasteiger partial charge on any atom is 0.318 e. The number of benzene rings is 1. The third-order valence-corrected chi connectivity index (χ3v) is 7.39. The lowest BCUT2D eigenvalue weighted by Gasteiger charge is -2.22. The summed E-state index contributed by atoms with van der Waals surface area (Å²) in [5.74, 6) is -0.213. The molecule has 0 bridgehead atoms. The molecule has 2 saturated heterocycles. The maximum absolute atomic E-state index is 14.6. The SMILES string of the molecule is COc1nc2c3c(c(Cl)c(Br)c(F)c3n1)OCCN2CCC(F)F.FC1CC2CCCN2C1. The fraction of sp³-hybridized carbons (Fsp3) is 0.619. The minimum atomic E-state index is -2.46. The summed E-state index contributed by atoms with van der Waals surface area (Å²) < 4.78 is 63.1. The Labute approximate surface area is 202 Å². The maximum atomic E-state index is 14.6. The zero-order chi connectivity index (χ0) is 23.7. The van der Waals surface area contributed by atoms with Crippen LogP contribution >= 0.6 is 27.5 Å². The molecule has 12 heteroatoms. The molecule has 2 aromatic rings. The van der Waals surface area contributed by atoms with Gasteiger partial charge in [-0.05, 0) is 41.7 Å². The third kappa shape index (κ3) is 5.09. The first-order chi connectivity index (χ1) is 15.8. The summed E-state index contributed by atoms with van der Waals surface area (Å²) in [6, 6.07) is 0.542. The van der Waals surface area contributed by atoms with Crippen molar-refractivity contribution in [3.05, 3.63) is 15.3 Å². The molecule has 5 rings (SSSR count). The fourth-order valence-corrected chi connectivity index (χ4v) is 5.12. The van der Waals surface area contributed by atoms with Crippen LogP contribution in [0.5, 0.6) is 11.8 Å². The highest BCUT2D eigenvalue weighted by molar-refractivity contribution is 9.10. The van der Waals surface area contributed by atoms with Crippen LogP contribution < -0.4 is 14.4 Å². The van der Waals surface area contributed by atoms with E-state index in [2.05, 4.69) is 30.8 Å². The number of hydrogen-bond donors (Lipinski definition) is 0. The van der Waals surface area contributed by atoms with Gasteiger partial charge < -0.3 is 14.4 Å². The van der Waals surface area contributed by atoms with E-state index < -0.39 is 18.4 Å². The van der Waals surface area contributed by atoms with Crippen LogP contribution in [-0.4, -0.2) is 73.4 Å². The van der Waals surface area contributed by atoms with Crippen LogP contribution in [0.4, 0.5) is 23.4 Å². The number of rotatable bonds is 4. The van der Waals surface area contributed by atoms with Gasteiger partial charge in [0.2, 0.25) is 6.43 Å². The summed E-state index contributed by atoms with van der Waals surface area (Å²) in [5, 5.41) is 0.291. The van der Waals surface area contributed by atoms with Crippen molar-refractivity contribution in [1.29, 1.82) is 0 Å². The molecule has 2 fully saturated rings. The summed E-state index contributed by atoms with van der Waals surface area (Å²) in [5.41, 5.74) is -0.0490. The average molecular weight is 556 g/mol. The molecule has 33 heavy (non-hydrogen) atoms. The van der Waals surface area contributed by atoms with Gasteiger partial charge in [0.1, 0.15) is 29.1 Å². The highest BCUT2D eigenvalue weighted by Crippen LogP contribution is 2.46. The molecule has 1 aromatic heterocycles. The van der Waals surface area contributed by atoms with E-state index in [-0.39, 0.29) is 57.5 Å². The van der Waals surface area contributed by atoms with Crippen LogP contribution in [0.25, 0.3) is 10.9 Å². The third-order valence-electron chi connectivity index (χ3n) is 6.06. The number of alkyl halides is 3. The van der Waals surface area contributed by atoms with Crippen molar-refractivity contribution >= 4 is 44.3 Å². The molecule has 2 atom stereocenters. The van der Waals surface area contributed by atoms with Crippen molar-refractivity contribution in [2.24, 2.45) is 0 Å². The van der Waals surface area contributed by atoms with Gasteiger partial charge in [-0.3, -0.25) is 4.90 Å². The van der Waals surface area contributed by atoms with Crippen molar-refractivity contribution in [1.82, 2.24) is 14.9 Å². The Hall–Kier alpha value is -1.59. The monoisotopic (exact) mass is 554 g/mol. The number of fused-ring (bicyclic) bond motifs is 1. The number of aromatic nitrogens is 2. The highest BCUT2D eigenvalue weighted by Gasteiger charge is 2.34. The van der Waals surface area contributed by atoms with Gasteiger partial charge in [0.05, 0.1) is 23.5 Å². The number of ether oxygens (including phenoxy) is 2. The zero-order valence-electron chi connectivity index (χ0n) is 18.0. The van der Waals surface area contributed by atoms with Gasteiger partial charge in [0, 0.05) is 25.6 Å². The van der Waals surface area contributed by atoms with E-state index in [1.165, 1.54) is 20.0 Å². The second-order valence-electron chi connectivity index (χ2n) is 8.17. The molecule has 0 spiro atoms. The molecule has 0 radical (unpaired) electrons. The topological polar surface area (TPSA) is 50.7 Å². The minimum absolute atomic E-state index is 0.0133. The molecule has 3 aliphatic rings. The van der Waals surface area contributed by atoms with E-state index in [1.54, 1.807) is 4.90 Å². The predicted molar refractivity (Wildman–Crippen MR) is 121 cm³/mol. The van der Waals surface area contributed by atoms with Crippen molar-refractivity contribution in [2.75, 3.05) is 44.8 Å². The number of anilines is 1. The molecule has 4 heterocycles. The molecular weight excluding hydrogens is 532 g/mol. The van der Waals surface area contributed by atoms with E-state index in [1.807, 2.05) is 0 Å². The van der Waals surface area contributed by atoms with E-state index in [4.69, 9.17) is 21.1 Å². The van der Waals surface area contributed by atoms with Crippen LogP contribution in [0.1, 0.15) is 25.7 Å². The van der Waals surface area contributed by atoms with Crippen molar-refractivity contribution in [3.63, 3.8) is 0 Å². The quantitative estimate of drug-likeness (QED) is 0.380. The number of methoxy groups -OCH3 is 1. The summed E-state index contributed by atoms with van der Waals surface area (Å²) in [6.07, 6.45) is 0.00153. The Morgan fingerprint density at radius 2 is 2.09 bits per heavy atom. The number of halogens is 6. The second kappa shape index (κ2) is 10.4. The summed E-state index contributed by atoms with van der Waals surface area (Å²) in [6.45, 7) is 2.38. The molecule has 0 saturated carbocycles. The van der Waals surface area contributed by atoms with Crippen molar-refractivity contribution in [2.45, 2.75) is 44.3 Å². The van der Waals surface area contributed by atoms with Crippen LogP contribution in [-0.2, 0) is 0 Å². The Bertz CT molecular complexity index is 1010. The lowest BCUT2D eigenvalue weighted by molar-refractivity contribution is 0.139. The number of nitrogens with zero attached hydrogens (tertiary/aromatic N) is 4. The Morgan fingerprint density at radius 1 is 1.30 bits per heavy atom. The molecule has 0 amide bonds. The van der Waals surface area contributed by atoms with Crippen LogP contribution in [0.15, 0.2) is 4.47 Å². The van der Waals surface area contributed by atoms with Gasteiger partial charge in [-0.15, -0.1) is 0 Å². The van der Waals surface area contributed by atoms with E-state index in [9.17, 15) is 17.6 Å². The normalized spacial score (nSPS) is 22.1. The largest absolute Gasteiger partial charge is 0.489 e. The fourth-order valence-electron chi connectivity index (χ4n) is 4.52. The molecule has 1 aromatic carbocycles. The van der Waals surface area contributed by atoms with Gasteiger partial charge in [-0.1, -0.05) is 11.6 Å². The Morgan fingerprint density at radius 3 is 2.79 bits per heavy atom. The van der Waals surface area contributed by atoms with Gasteiger partial charge in [-0.25, -0.2) is 17.6 Å². The molecular formula is C21H24BrClF4N4O2. The Kier molecular flexibility index (Phi) is 7.69. The summed E-state index contributed by atoms with van der Waals surface area (Å²) in [7, 11) is 1.34. The molecule has 2 unspecified atom stereocenters. The van der Waals surface area contributed by atoms with Crippen LogP contribution in [0.2, 0.25) is 5.02 Å². The van der Waals surface area contributed by atoms with E-state index in [0.717, 1.165) is 13.0 Å².